The summed E-state index contributed by atoms with van der Waals surface area (Å²) in [5, 5.41) is 9.09. The molecule has 1 amide bonds. The van der Waals surface area contributed by atoms with Gasteiger partial charge in [0.15, 0.2) is 0 Å². The molecular formula is C18H26FNO4. The zero-order chi connectivity index (χ0) is 17.7. The molecule has 0 aliphatic carbocycles. The lowest BCUT2D eigenvalue weighted by molar-refractivity contribution is -0.0176. The molecule has 1 aromatic rings. The van der Waals surface area contributed by atoms with Crippen LogP contribution in [0.2, 0.25) is 0 Å². The van der Waals surface area contributed by atoms with E-state index < -0.39 is 11.4 Å². The van der Waals surface area contributed by atoms with Crippen molar-refractivity contribution in [3.63, 3.8) is 0 Å². The fraction of sp³-hybridized carbons (Fsp3) is 0.611. The minimum Gasteiger partial charge on any atom is -0.444 e. The molecule has 0 atom stereocenters. The number of benzene rings is 1. The normalized spacial score (nSPS) is 16.3. The molecule has 1 fully saturated rings. The first-order valence-corrected chi connectivity index (χ1v) is 8.27. The van der Waals surface area contributed by atoms with Crippen molar-refractivity contribution in [1.82, 2.24) is 4.90 Å². The van der Waals surface area contributed by atoms with Crippen molar-refractivity contribution in [2.45, 2.75) is 58.5 Å². The van der Waals surface area contributed by atoms with Crippen LogP contribution in [0.3, 0.4) is 0 Å². The maximum Gasteiger partial charge on any atom is 0.410 e. The Morgan fingerprint density at radius 1 is 1.29 bits per heavy atom. The summed E-state index contributed by atoms with van der Waals surface area (Å²) in [5.41, 5.74) is 0.214. The third kappa shape index (κ3) is 5.18. The highest BCUT2D eigenvalue weighted by molar-refractivity contribution is 5.68. The van der Waals surface area contributed by atoms with Gasteiger partial charge in [-0.3, -0.25) is 0 Å². The topological polar surface area (TPSA) is 59.0 Å². The maximum atomic E-state index is 14.0. The van der Waals surface area contributed by atoms with Crippen molar-refractivity contribution in [2.24, 2.45) is 0 Å². The van der Waals surface area contributed by atoms with E-state index in [4.69, 9.17) is 14.6 Å². The van der Waals surface area contributed by atoms with Gasteiger partial charge in [0.05, 0.1) is 19.3 Å². The molecule has 0 radical (unpaired) electrons. The Morgan fingerprint density at radius 3 is 2.50 bits per heavy atom. The number of hydrogen-bond acceptors (Lipinski definition) is 4. The first-order chi connectivity index (χ1) is 11.3. The molecule has 1 aliphatic rings. The minimum absolute atomic E-state index is 0.0131. The molecule has 1 N–H and O–H groups in total. The maximum absolute atomic E-state index is 14.0. The number of aliphatic hydroxyl groups is 1. The van der Waals surface area contributed by atoms with Crippen LogP contribution in [0.4, 0.5) is 9.18 Å². The van der Waals surface area contributed by atoms with E-state index >= 15 is 0 Å². The van der Waals surface area contributed by atoms with Gasteiger partial charge in [-0.2, -0.15) is 0 Å². The van der Waals surface area contributed by atoms with Crippen molar-refractivity contribution in [2.75, 3.05) is 13.1 Å². The lowest BCUT2D eigenvalue weighted by Gasteiger charge is -2.33. The zero-order valence-electron chi connectivity index (χ0n) is 14.5. The second kappa shape index (κ2) is 7.94. The monoisotopic (exact) mass is 339 g/mol. The summed E-state index contributed by atoms with van der Waals surface area (Å²) in [4.78, 5) is 13.7. The van der Waals surface area contributed by atoms with E-state index in [1.54, 1.807) is 23.1 Å². The molecule has 5 nitrogen and oxygen atoms in total. The summed E-state index contributed by atoms with van der Waals surface area (Å²) < 4.78 is 25.2. The average Bonchev–Trinajstić information content (AvgIpc) is 2.53. The lowest BCUT2D eigenvalue weighted by atomic mass is 10.1. The number of amides is 1. The average molecular weight is 339 g/mol. The number of piperidine rings is 1. The van der Waals surface area contributed by atoms with Gasteiger partial charge in [0.1, 0.15) is 11.4 Å². The van der Waals surface area contributed by atoms with Crippen LogP contribution in [-0.4, -0.2) is 40.9 Å². The predicted octanol–water partition coefficient (Wildman–Crippen LogP) is 3.23. The van der Waals surface area contributed by atoms with Crippen LogP contribution in [0.1, 0.15) is 44.7 Å². The van der Waals surface area contributed by atoms with Crippen molar-refractivity contribution in [1.29, 1.82) is 0 Å². The largest absolute Gasteiger partial charge is 0.444 e. The van der Waals surface area contributed by atoms with E-state index in [0.717, 1.165) is 0 Å². The van der Waals surface area contributed by atoms with E-state index in [1.165, 1.54) is 0 Å². The highest BCUT2D eigenvalue weighted by Crippen LogP contribution is 2.20. The molecule has 0 saturated carbocycles. The van der Waals surface area contributed by atoms with Gasteiger partial charge >= 0.3 is 6.09 Å². The second-order valence-electron chi connectivity index (χ2n) is 7.03. The number of hydrogen-bond donors (Lipinski definition) is 1. The van der Waals surface area contributed by atoms with Crippen molar-refractivity contribution in [3.05, 3.63) is 35.1 Å². The van der Waals surface area contributed by atoms with E-state index in [-0.39, 0.29) is 31.0 Å². The summed E-state index contributed by atoms with van der Waals surface area (Å²) in [6.45, 7) is 6.50. The van der Waals surface area contributed by atoms with Crippen molar-refractivity contribution in [3.8, 4) is 0 Å². The standard InChI is InChI=1S/C18H26FNO4/c1-18(2,3)24-17(22)20-9-7-15(8-10-20)23-12-14-6-4-5-13(11-21)16(14)19/h4-6,15,21H,7-12H2,1-3H3. The number of nitrogens with zero attached hydrogens (tertiary/aromatic N) is 1. The molecule has 134 valence electrons. The van der Waals surface area contributed by atoms with Crippen LogP contribution in [0.25, 0.3) is 0 Å². The summed E-state index contributed by atoms with van der Waals surface area (Å²) >= 11 is 0. The van der Waals surface area contributed by atoms with Gasteiger partial charge in [0, 0.05) is 24.2 Å². The SMILES string of the molecule is CC(C)(C)OC(=O)N1CCC(OCc2cccc(CO)c2F)CC1. The first kappa shape index (κ1) is 18.7. The third-order valence-electron chi connectivity index (χ3n) is 3.90. The van der Waals surface area contributed by atoms with Crippen molar-refractivity contribution >= 4 is 6.09 Å². The number of carbonyl (C=O) groups excluding carboxylic acids is 1. The molecule has 0 unspecified atom stereocenters. The number of aliphatic hydroxyl groups excluding tert-OH is 1. The fourth-order valence-corrected chi connectivity index (χ4v) is 2.61. The Labute approximate surface area is 142 Å². The van der Waals surface area contributed by atoms with E-state index in [0.29, 0.717) is 31.5 Å². The molecule has 0 aromatic heterocycles. The van der Waals surface area contributed by atoms with Crippen LogP contribution in [0, 0.1) is 5.82 Å². The Bertz CT molecular complexity index is 563. The Balaban J connectivity index is 1.80. The van der Waals surface area contributed by atoms with Gasteiger partial charge < -0.3 is 19.5 Å². The third-order valence-corrected chi connectivity index (χ3v) is 3.90. The minimum atomic E-state index is -0.500. The molecule has 0 bridgehead atoms. The number of halogens is 1. The molecule has 1 aromatic carbocycles. The number of ether oxygens (including phenoxy) is 2. The number of carbonyl (C=O) groups is 1. The van der Waals surface area contributed by atoms with Gasteiger partial charge in [-0.15, -0.1) is 0 Å². The van der Waals surface area contributed by atoms with Crippen LogP contribution >= 0.6 is 0 Å². The molecule has 1 saturated heterocycles. The van der Waals surface area contributed by atoms with Gasteiger partial charge in [-0.25, -0.2) is 9.18 Å². The van der Waals surface area contributed by atoms with E-state index in [9.17, 15) is 9.18 Å². The Hall–Kier alpha value is -1.66. The summed E-state index contributed by atoms with van der Waals surface area (Å²) in [6.07, 6.45) is 1.07. The van der Waals surface area contributed by atoms with Gasteiger partial charge in [-0.05, 0) is 33.6 Å². The highest BCUT2D eigenvalue weighted by atomic mass is 19.1. The lowest BCUT2D eigenvalue weighted by Crippen LogP contribution is -2.43. The van der Waals surface area contributed by atoms with Gasteiger partial charge in [-0.1, -0.05) is 18.2 Å². The quantitative estimate of drug-likeness (QED) is 0.915. The Kier molecular flexibility index (Phi) is 6.18. The molecular weight excluding hydrogens is 313 g/mol. The van der Waals surface area contributed by atoms with Crippen LogP contribution < -0.4 is 0 Å². The molecule has 2 rings (SSSR count). The summed E-state index contributed by atoms with van der Waals surface area (Å²) in [7, 11) is 0. The smallest absolute Gasteiger partial charge is 0.410 e. The molecule has 24 heavy (non-hydrogen) atoms. The van der Waals surface area contributed by atoms with E-state index in [2.05, 4.69) is 0 Å². The van der Waals surface area contributed by atoms with Crippen LogP contribution in [0.5, 0.6) is 0 Å². The van der Waals surface area contributed by atoms with Gasteiger partial charge in [0.2, 0.25) is 0 Å². The van der Waals surface area contributed by atoms with E-state index in [1.807, 2.05) is 20.8 Å². The number of rotatable bonds is 4. The second-order valence-corrected chi connectivity index (χ2v) is 7.03. The summed E-state index contributed by atoms with van der Waals surface area (Å²) in [6, 6.07) is 4.92. The highest BCUT2D eigenvalue weighted by Gasteiger charge is 2.27. The fourth-order valence-electron chi connectivity index (χ4n) is 2.61. The Morgan fingerprint density at radius 2 is 1.92 bits per heavy atom. The number of likely N-dealkylation sites (tertiary alicyclic amines) is 1. The summed E-state index contributed by atoms with van der Waals surface area (Å²) in [5.74, 6) is -0.411. The van der Waals surface area contributed by atoms with Crippen molar-refractivity contribution < 1.29 is 23.8 Å². The predicted molar refractivity (Wildman–Crippen MR) is 87.9 cm³/mol. The first-order valence-electron chi connectivity index (χ1n) is 8.27. The van der Waals surface area contributed by atoms with Crippen LogP contribution in [0.15, 0.2) is 18.2 Å². The molecule has 1 heterocycles. The molecule has 6 heteroatoms. The zero-order valence-corrected chi connectivity index (χ0v) is 14.5. The molecule has 1 aliphatic heterocycles. The van der Waals surface area contributed by atoms with Gasteiger partial charge in [0.25, 0.3) is 0 Å². The molecule has 0 spiro atoms. The van der Waals surface area contributed by atoms with Crippen LogP contribution in [-0.2, 0) is 22.7 Å².